The smallest absolute Gasteiger partial charge is 0.236 e. The van der Waals surface area contributed by atoms with Crippen molar-refractivity contribution in [3.05, 3.63) is 41.0 Å². The third kappa shape index (κ3) is 2.17. The first-order valence-electron chi connectivity index (χ1n) is 4.76. The molecule has 1 aromatic heterocycles. The van der Waals surface area contributed by atoms with Crippen molar-refractivity contribution < 1.29 is 4.74 Å². The van der Waals surface area contributed by atoms with Crippen molar-refractivity contribution in [3.8, 4) is 17.0 Å². The van der Waals surface area contributed by atoms with Crippen molar-refractivity contribution in [1.82, 2.24) is 4.98 Å². The Morgan fingerprint density at radius 2 is 1.88 bits per heavy atom. The van der Waals surface area contributed by atoms with Crippen LogP contribution < -0.4 is 10.5 Å². The van der Waals surface area contributed by atoms with Crippen molar-refractivity contribution in [1.29, 1.82) is 0 Å². The van der Waals surface area contributed by atoms with Gasteiger partial charge in [0.1, 0.15) is 0 Å². The molecule has 0 aliphatic carbocycles. The molecule has 0 saturated heterocycles. The number of benzene rings is 1. The lowest BCUT2D eigenvalue weighted by atomic mass is 10.1. The Hall–Kier alpha value is -1.55. The highest BCUT2D eigenvalue weighted by Gasteiger charge is 2.03. The molecule has 0 spiro atoms. The number of nitrogens with two attached hydrogens (primary N) is 1. The summed E-state index contributed by atoms with van der Waals surface area (Å²) in [5.74, 6) is 0.459. The van der Waals surface area contributed by atoms with Gasteiger partial charge in [-0.25, -0.2) is 4.98 Å². The molecule has 4 heteroatoms. The number of halogens is 1. The number of methoxy groups -OCH3 is 1. The fourth-order valence-electron chi connectivity index (χ4n) is 1.44. The standard InChI is InChI=1S/C12H11BrN2O/c1-16-12-11(14)6-9(7-15-12)8-2-4-10(13)5-3-8/h2-7H,14H2,1H3. The average Bonchev–Trinajstić information content (AvgIpc) is 2.30. The number of aromatic nitrogens is 1. The largest absolute Gasteiger partial charge is 0.480 e. The van der Waals surface area contributed by atoms with E-state index in [-0.39, 0.29) is 0 Å². The summed E-state index contributed by atoms with van der Waals surface area (Å²) >= 11 is 3.39. The van der Waals surface area contributed by atoms with E-state index in [1.165, 1.54) is 0 Å². The van der Waals surface area contributed by atoms with Crippen LogP contribution in [0.1, 0.15) is 0 Å². The van der Waals surface area contributed by atoms with Gasteiger partial charge in [0.25, 0.3) is 0 Å². The molecule has 0 aliphatic rings. The second-order valence-electron chi connectivity index (χ2n) is 3.33. The Morgan fingerprint density at radius 3 is 2.44 bits per heavy atom. The van der Waals surface area contributed by atoms with Gasteiger partial charge >= 0.3 is 0 Å². The summed E-state index contributed by atoms with van der Waals surface area (Å²) in [5, 5.41) is 0. The molecule has 0 saturated carbocycles. The third-order valence-corrected chi connectivity index (χ3v) is 2.78. The highest BCUT2D eigenvalue weighted by atomic mass is 79.9. The zero-order valence-corrected chi connectivity index (χ0v) is 10.4. The molecule has 0 radical (unpaired) electrons. The molecule has 1 aromatic carbocycles. The molecule has 2 N–H and O–H groups in total. The maximum absolute atomic E-state index is 5.80. The molecule has 2 aromatic rings. The molecule has 82 valence electrons. The van der Waals surface area contributed by atoms with Gasteiger partial charge in [0.15, 0.2) is 0 Å². The molecule has 0 fully saturated rings. The van der Waals surface area contributed by atoms with E-state index < -0.39 is 0 Å². The van der Waals surface area contributed by atoms with E-state index in [1.54, 1.807) is 13.3 Å². The van der Waals surface area contributed by atoms with Crippen LogP contribution in [-0.2, 0) is 0 Å². The highest BCUT2D eigenvalue weighted by molar-refractivity contribution is 9.10. The summed E-state index contributed by atoms with van der Waals surface area (Å²) in [4.78, 5) is 4.14. The SMILES string of the molecule is COc1ncc(-c2ccc(Br)cc2)cc1N. The molecule has 2 rings (SSSR count). The van der Waals surface area contributed by atoms with E-state index in [2.05, 4.69) is 20.9 Å². The van der Waals surface area contributed by atoms with Crippen molar-refractivity contribution in [2.45, 2.75) is 0 Å². The number of hydrogen-bond acceptors (Lipinski definition) is 3. The van der Waals surface area contributed by atoms with E-state index in [4.69, 9.17) is 10.5 Å². The fraction of sp³-hybridized carbons (Fsp3) is 0.0833. The predicted molar refractivity (Wildman–Crippen MR) is 68.3 cm³/mol. The predicted octanol–water partition coefficient (Wildman–Crippen LogP) is 3.10. The normalized spacial score (nSPS) is 10.1. The number of rotatable bonds is 2. The van der Waals surface area contributed by atoms with Crippen LogP contribution in [0.5, 0.6) is 5.88 Å². The van der Waals surface area contributed by atoms with E-state index in [0.717, 1.165) is 15.6 Å². The summed E-state index contributed by atoms with van der Waals surface area (Å²) in [6.45, 7) is 0. The minimum absolute atomic E-state index is 0.459. The number of hydrogen-bond donors (Lipinski definition) is 1. The Kier molecular flexibility index (Phi) is 3.10. The van der Waals surface area contributed by atoms with E-state index >= 15 is 0 Å². The zero-order chi connectivity index (χ0) is 11.5. The van der Waals surface area contributed by atoms with Crippen molar-refractivity contribution in [2.75, 3.05) is 12.8 Å². The van der Waals surface area contributed by atoms with Crippen LogP contribution >= 0.6 is 15.9 Å². The van der Waals surface area contributed by atoms with Gasteiger partial charge in [-0.15, -0.1) is 0 Å². The van der Waals surface area contributed by atoms with Gasteiger partial charge in [0.2, 0.25) is 5.88 Å². The number of pyridine rings is 1. The van der Waals surface area contributed by atoms with Gasteiger partial charge in [-0.1, -0.05) is 28.1 Å². The van der Waals surface area contributed by atoms with E-state index in [9.17, 15) is 0 Å². The Labute approximate surface area is 102 Å². The maximum Gasteiger partial charge on any atom is 0.236 e. The van der Waals surface area contributed by atoms with Gasteiger partial charge in [0, 0.05) is 16.2 Å². The quantitative estimate of drug-likeness (QED) is 0.918. The molecule has 16 heavy (non-hydrogen) atoms. The van der Waals surface area contributed by atoms with Crippen LogP contribution in [0.3, 0.4) is 0 Å². The molecule has 3 nitrogen and oxygen atoms in total. The molecule has 0 aliphatic heterocycles. The lowest BCUT2D eigenvalue weighted by Crippen LogP contribution is -1.95. The number of nitrogen functional groups attached to an aromatic ring is 1. The molecule has 0 atom stereocenters. The van der Waals surface area contributed by atoms with Crippen molar-refractivity contribution in [2.24, 2.45) is 0 Å². The van der Waals surface area contributed by atoms with E-state index in [0.29, 0.717) is 11.6 Å². The van der Waals surface area contributed by atoms with Crippen molar-refractivity contribution >= 4 is 21.6 Å². The minimum Gasteiger partial charge on any atom is -0.480 e. The van der Waals surface area contributed by atoms with Gasteiger partial charge in [-0.05, 0) is 23.8 Å². The first-order chi connectivity index (χ1) is 7.70. The fourth-order valence-corrected chi connectivity index (χ4v) is 1.70. The lowest BCUT2D eigenvalue weighted by molar-refractivity contribution is 0.400. The topological polar surface area (TPSA) is 48.1 Å². The van der Waals surface area contributed by atoms with Crippen molar-refractivity contribution in [3.63, 3.8) is 0 Å². The second kappa shape index (κ2) is 4.53. The summed E-state index contributed by atoms with van der Waals surface area (Å²) in [6.07, 6.45) is 1.75. The third-order valence-electron chi connectivity index (χ3n) is 2.25. The molecular formula is C12H11BrN2O. The van der Waals surface area contributed by atoms with Crippen LogP contribution in [-0.4, -0.2) is 12.1 Å². The Morgan fingerprint density at radius 1 is 1.19 bits per heavy atom. The zero-order valence-electron chi connectivity index (χ0n) is 8.77. The van der Waals surface area contributed by atoms with Gasteiger partial charge in [-0.3, -0.25) is 0 Å². The van der Waals surface area contributed by atoms with Gasteiger partial charge in [0.05, 0.1) is 12.8 Å². The minimum atomic E-state index is 0.459. The summed E-state index contributed by atoms with van der Waals surface area (Å²) in [5.41, 5.74) is 8.40. The number of nitrogens with zero attached hydrogens (tertiary/aromatic N) is 1. The first kappa shape index (κ1) is 11.0. The molecule has 0 bridgehead atoms. The Bertz CT molecular complexity index is 497. The monoisotopic (exact) mass is 278 g/mol. The van der Waals surface area contributed by atoms with Gasteiger partial charge in [-0.2, -0.15) is 0 Å². The van der Waals surface area contributed by atoms with Crippen LogP contribution in [0, 0.1) is 0 Å². The average molecular weight is 279 g/mol. The molecule has 0 amide bonds. The number of ether oxygens (including phenoxy) is 1. The van der Waals surface area contributed by atoms with Crippen LogP contribution in [0.2, 0.25) is 0 Å². The molecule has 0 unspecified atom stereocenters. The van der Waals surface area contributed by atoms with Crippen LogP contribution in [0.15, 0.2) is 41.0 Å². The summed E-state index contributed by atoms with van der Waals surface area (Å²) < 4.78 is 6.06. The second-order valence-corrected chi connectivity index (χ2v) is 4.25. The molecule has 1 heterocycles. The number of anilines is 1. The van der Waals surface area contributed by atoms with E-state index in [1.807, 2.05) is 30.3 Å². The van der Waals surface area contributed by atoms with Gasteiger partial charge < -0.3 is 10.5 Å². The van der Waals surface area contributed by atoms with Crippen LogP contribution in [0.25, 0.3) is 11.1 Å². The highest BCUT2D eigenvalue weighted by Crippen LogP contribution is 2.26. The summed E-state index contributed by atoms with van der Waals surface area (Å²) in [6, 6.07) is 9.83. The lowest BCUT2D eigenvalue weighted by Gasteiger charge is -2.06. The van der Waals surface area contributed by atoms with Crippen LogP contribution in [0.4, 0.5) is 5.69 Å². The first-order valence-corrected chi connectivity index (χ1v) is 5.55. The molecular weight excluding hydrogens is 268 g/mol. The Balaban J connectivity index is 2.41. The maximum atomic E-state index is 5.80. The summed E-state index contributed by atoms with van der Waals surface area (Å²) in [7, 11) is 1.55.